The Morgan fingerprint density at radius 3 is 2.00 bits per heavy atom. The first-order valence-electron chi connectivity index (χ1n) is 10.3. The summed E-state index contributed by atoms with van der Waals surface area (Å²) in [5, 5.41) is 2.47. The number of hydrogen-bond donors (Lipinski definition) is 0. The average molecular weight is 398 g/mol. The van der Waals surface area contributed by atoms with E-state index in [4.69, 9.17) is 0 Å². The molecule has 0 radical (unpaired) electrons. The van der Waals surface area contributed by atoms with Gasteiger partial charge in [-0.1, -0.05) is 78.2 Å². The van der Waals surface area contributed by atoms with Gasteiger partial charge in [0.2, 0.25) is 0 Å². The molecule has 0 bridgehead atoms. The fourth-order valence-corrected chi connectivity index (χ4v) is 3.00. The van der Waals surface area contributed by atoms with E-state index in [1.54, 1.807) is 6.92 Å². The van der Waals surface area contributed by atoms with Gasteiger partial charge in [0.15, 0.2) is 5.78 Å². The van der Waals surface area contributed by atoms with Crippen LogP contribution in [-0.2, 0) is 6.42 Å². The molecule has 4 rings (SSSR count). The van der Waals surface area contributed by atoms with Crippen LogP contribution in [-0.4, -0.2) is 10.8 Å². The molecule has 0 aliphatic rings. The van der Waals surface area contributed by atoms with Crippen molar-refractivity contribution >= 4 is 16.6 Å². The smallest absolute Gasteiger partial charge is 0.159 e. The molecule has 0 aliphatic heterocycles. The lowest BCUT2D eigenvalue weighted by Gasteiger charge is -1.96. The van der Waals surface area contributed by atoms with Crippen molar-refractivity contribution in [3.05, 3.63) is 113 Å². The Morgan fingerprint density at radius 2 is 1.43 bits per heavy atom. The second-order valence-corrected chi connectivity index (χ2v) is 7.49. The fourth-order valence-electron chi connectivity index (χ4n) is 3.00. The first kappa shape index (κ1) is 23.0. The molecule has 0 spiro atoms. The van der Waals surface area contributed by atoms with Crippen LogP contribution in [0.25, 0.3) is 10.8 Å². The van der Waals surface area contributed by atoms with E-state index in [0.717, 1.165) is 17.5 Å². The lowest BCUT2D eigenvalue weighted by Crippen LogP contribution is -1.90. The molecule has 1 aromatic heterocycles. The number of Topliss-reactive ketones (excluding diaryl/α,β-unsaturated/α-hetero) is 1. The molecule has 154 valence electrons. The van der Waals surface area contributed by atoms with Crippen molar-refractivity contribution in [1.82, 2.24) is 4.98 Å². The largest absolute Gasteiger partial charge is 0.295 e. The lowest BCUT2D eigenvalue weighted by molar-refractivity contribution is 0.101. The molecule has 4 aromatic rings. The summed E-state index contributed by atoms with van der Waals surface area (Å²) in [6.45, 7) is 9.95. The zero-order valence-electron chi connectivity index (χ0n) is 18.6. The van der Waals surface area contributed by atoms with Gasteiger partial charge in [-0.15, -0.1) is 0 Å². The summed E-state index contributed by atoms with van der Waals surface area (Å²) in [6, 6.07) is 24.6. The molecule has 0 fully saturated rings. The van der Waals surface area contributed by atoms with Gasteiger partial charge >= 0.3 is 0 Å². The standard InChI is InChI=1S/C10H9N.C9H10O.C9H12/c1-8-2-3-9-4-5-11-7-10(9)6-8;1-7-4-3-5-9(6-7)8(2)10;1-3-9-6-4-5-8(2)7-9/h2-7H,1H3;3-6H,1-2H3;4-7H,3H2,1-2H3. The molecule has 1 heterocycles. The summed E-state index contributed by atoms with van der Waals surface area (Å²) in [7, 11) is 0. The number of pyridine rings is 1. The highest BCUT2D eigenvalue weighted by atomic mass is 16.1. The highest BCUT2D eigenvalue weighted by Gasteiger charge is 1.96. The van der Waals surface area contributed by atoms with E-state index >= 15 is 0 Å². The molecule has 3 aromatic carbocycles. The Morgan fingerprint density at radius 1 is 0.767 bits per heavy atom. The molecule has 2 nitrogen and oxygen atoms in total. The number of carbonyl (C=O) groups is 1. The van der Waals surface area contributed by atoms with Crippen molar-refractivity contribution in [2.75, 3.05) is 0 Å². The first-order chi connectivity index (χ1) is 14.4. The van der Waals surface area contributed by atoms with Gasteiger partial charge < -0.3 is 0 Å². The Kier molecular flexibility index (Phi) is 8.96. The van der Waals surface area contributed by atoms with Gasteiger partial charge in [0.25, 0.3) is 0 Å². The Labute approximate surface area is 180 Å². The molecule has 0 saturated heterocycles. The molecule has 0 saturated carbocycles. The number of hydrogen-bond acceptors (Lipinski definition) is 2. The second-order valence-electron chi connectivity index (χ2n) is 7.49. The van der Waals surface area contributed by atoms with Gasteiger partial charge in [-0.25, -0.2) is 0 Å². The molecule has 0 aliphatic carbocycles. The van der Waals surface area contributed by atoms with Crippen molar-refractivity contribution in [3.63, 3.8) is 0 Å². The van der Waals surface area contributed by atoms with Crippen LogP contribution in [0.3, 0.4) is 0 Å². The zero-order chi connectivity index (χ0) is 21.9. The molecule has 0 N–H and O–H groups in total. The van der Waals surface area contributed by atoms with Crippen LogP contribution in [0, 0.1) is 20.8 Å². The normalized spacial score (nSPS) is 9.77. The average Bonchev–Trinajstić information content (AvgIpc) is 2.74. The maximum Gasteiger partial charge on any atom is 0.159 e. The van der Waals surface area contributed by atoms with Gasteiger partial charge in [0.05, 0.1) is 0 Å². The highest BCUT2D eigenvalue weighted by Crippen LogP contribution is 2.13. The van der Waals surface area contributed by atoms with Gasteiger partial charge in [-0.3, -0.25) is 9.78 Å². The zero-order valence-corrected chi connectivity index (χ0v) is 18.6. The van der Waals surface area contributed by atoms with E-state index in [-0.39, 0.29) is 5.78 Å². The topological polar surface area (TPSA) is 30.0 Å². The molecular formula is C28H31NO. The molecule has 2 heteroatoms. The van der Waals surface area contributed by atoms with Crippen LogP contribution in [0.1, 0.15) is 46.5 Å². The van der Waals surface area contributed by atoms with Gasteiger partial charge in [0.1, 0.15) is 0 Å². The summed E-state index contributed by atoms with van der Waals surface area (Å²) in [6.07, 6.45) is 4.85. The number of aryl methyl sites for hydroxylation is 4. The first-order valence-corrected chi connectivity index (χ1v) is 10.3. The van der Waals surface area contributed by atoms with Gasteiger partial charge in [-0.05, 0) is 63.3 Å². The van der Waals surface area contributed by atoms with E-state index in [2.05, 4.69) is 68.2 Å². The summed E-state index contributed by atoms with van der Waals surface area (Å²) >= 11 is 0. The van der Waals surface area contributed by atoms with Gasteiger partial charge in [-0.2, -0.15) is 0 Å². The predicted molar refractivity (Wildman–Crippen MR) is 128 cm³/mol. The van der Waals surface area contributed by atoms with Crippen molar-refractivity contribution in [3.8, 4) is 0 Å². The Balaban J connectivity index is 0.000000161. The predicted octanol–water partition coefficient (Wildman–Crippen LogP) is 7.30. The van der Waals surface area contributed by atoms with Crippen molar-refractivity contribution in [2.45, 2.75) is 41.0 Å². The maximum absolute atomic E-state index is 10.8. The number of fused-ring (bicyclic) bond motifs is 1. The SMILES string of the molecule is CC(=O)c1cccc(C)c1.CCc1cccc(C)c1.Cc1ccc2ccncc2c1. The monoisotopic (exact) mass is 397 g/mol. The maximum atomic E-state index is 10.8. The number of rotatable bonds is 2. The van der Waals surface area contributed by atoms with Crippen molar-refractivity contribution in [2.24, 2.45) is 0 Å². The minimum atomic E-state index is 0.128. The third-order valence-corrected chi connectivity index (χ3v) is 4.71. The van der Waals surface area contributed by atoms with E-state index in [1.165, 1.54) is 27.5 Å². The molecule has 0 amide bonds. The molecule has 0 unspecified atom stereocenters. The molecule has 0 atom stereocenters. The summed E-state index contributed by atoms with van der Waals surface area (Å²) in [5.41, 5.74) is 5.99. The number of aromatic nitrogens is 1. The molecule has 30 heavy (non-hydrogen) atoms. The molecular weight excluding hydrogens is 366 g/mol. The lowest BCUT2D eigenvalue weighted by atomic mass is 10.1. The number of benzene rings is 3. The van der Waals surface area contributed by atoms with Gasteiger partial charge in [0, 0.05) is 23.3 Å². The number of carbonyl (C=O) groups excluding carboxylic acids is 1. The quantitative estimate of drug-likeness (QED) is 0.332. The highest BCUT2D eigenvalue weighted by molar-refractivity contribution is 5.94. The second kappa shape index (κ2) is 11.7. The fraction of sp³-hybridized carbons (Fsp3) is 0.214. The van der Waals surface area contributed by atoms with Crippen LogP contribution in [0.4, 0.5) is 0 Å². The third kappa shape index (κ3) is 7.63. The van der Waals surface area contributed by atoms with E-state index in [1.807, 2.05) is 49.6 Å². The third-order valence-electron chi connectivity index (χ3n) is 4.71. The Bertz CT molecular complexity index is 1100. The van der Waals surface area contributed by atoms with E-state index in [9.17, 15) is 4.79 Å². The van der Waals surface area contributed by atoms with Crippen LogP contribution in [0.2, 0.25) is 0 Å². The van der Waals surface area contributed by atoms with Crippen molar-refractivity contribution < 1.29 is 4.79 Å². The van der Waals surface area contributed by atoms with Crippen molar-refractivity contribution in [1.29, 1.82) is 0 Å². The van der Waals surface area contributed by atoms with Crippen LogP contribution < -0.4 is 0 Å². The van der Waals surface area contributed by atoms with E-state index in [0.29, 0.717) is 0 Å². The van der Waals surface area contributed by atoms with Crippen LogP contribution >= 0.6 is 0 Å². The minimum absolute atomic E-state index is 0.128. The van der Waals surface area contributed by atoms with Crippen LogP contribution in [0.15, 0.2) is 85.2 Å². The summed E-state index contributed by atoms with van der Waals surface area (Å²) in [5.74, 6) is 0.128. The summed E-state index contributed by atoms with van der Waals surface area (Å²) in [4.78, 5) is 14.9. The number of ketones is 1. The number of nitrogens with zero attached hydrogens (tertiary/aromatic N) is 1. The van der Waals surface area contributed by atoms with E-state index < -0.39 is 0 Å². The minimum Gasteiger partial charge on any atom is -0.295 e. The Hall–Kier alpha value is -3.26. The van der Waals surface area contributed by atoms with Crippen LogP contribution in [0.5, 0.6) is 0 Å². The summed E-state index contributed by atoms with van der Waals surface area (Å²) < 4.78 is 0.